The molecule has 0 radical (unpaired) electrons. The normalized spacial score (nSPS) is 15.9. The number of nitrogens with zero attached hydrogens (tertiary/aromatic N) is 2. The summed E-state index contributed by atoms with van der Waals surface area (Å²) in [6.45, 7) is 9.62. The number of aryl methyl sites for hydroxylation is 1. The van der Waals surface area contributed by atoms with Crippen molar-refractivity contribution in [3.8, 4) is 0 Å². The Labute approximate surface area is 100 Å². The summed E-state index contributed by atoms with van der Waals surface area (Å²) in [7, 11) is 0. The molecule has 1 N–H and O–H groups in total. The summed E-state index contributed by atoms with van der Waals surface area (Å²) in [6, 6.07) is -0.0133. The van der Waals surface area contributed by atoms with Crippen molar-refractivity contribution in [1.29, 1.82) is 0 Å². The molecule has 1 rings (SSSR count). The number of hydrogen-bond acceptors (Lipinski definition) is 4. The van der Waals surface area contributed by atoms with Crippen molar-refractivity contribution in [3.05, 3.63) is 23.8 Å². The van der Waals surface area contributed by atoms with Crippen molar-refractivity contribution in [2.24, 2.45) is 0 Å². The summed E-state index contributed by atoms with van der Waals surface area (Å²) >= 11 is -1.08. The van der Waals surface area contributed by atoms with Gasteiger partial charge in [-0.2, -0.15) is 0 Å². The second-order valence-electron chi connectivity index (χ2n) is 4.78. The van der Waals surface area contributed by atoms with Gasteiger partial charge in [-0.1, -0.05) is 0 Å². The van der Waals surface area contributed by atoms with Gasteiger partial charge in [0.2, 0.25) is 0 Å². The zero-order chi connectivity index (χ0) is 12.3. The molecule has 4 nitrogen and oxygen atoms in total. The van der Waals surface area contributed by atoms with Gasteiger partial charge in [0.15, 0.2) is 0 Å². The molecule has 0 fully saturated rings. The molecule has 0 saturated carbocycles. The molecule has 0 spiro atoms. The van der Waals surface area contributed by atoms with E-state index in [2.05, 4.69) is 14.7 Å². The number of rotatable bonds is 3. The molecule has 16 heavy (non-hydrogen) atoms. The lowest BCUT2D eigenvalue weighted by Crippen LogP contribution is -2.40. The van der Waals surface area contributed by atoms with Gasteiger partial charge in [0.25, 0.3) is 0 Å². The molecule has 0 aliphatic carbocycles. The van der Waals surface area contributed by atoms with Gasteiger partial charge in [0, 0.05) is 29.3 Å². The zero-order valence-electron chi connectivity index (χ0n) is 10.4. The van der Waals surface area contributed by atoms with Crippen LogP contribution in [0.15, 0.2) is 12.4 Å². The maximum atomic E-state index is 11.9. The third kappa shape index (κ3) is 3.73. The first-order valence-electron chi connectivity index (χ1n) is 5.27. The van der Waals surface area contributed by atoms with Crippen LogP contribution in [-0.4, -0.2) is 19.3 Å². The second-order valence-corrected chi connectivity index (χ2v) is 6.78. The maximum absolute atomic E-state index is 11.9. The van der Waals surface area contributed by atoms with Crippen LogP contribution in [0.3, 0.4) is 0 Å². The van der Waals surface area contributed by atoms with E-state index >= 15 is 0 Å². The molecule has 1 aromatic rings. The highest BCUT2D eigenvalue weighted by atomic mass is 32.2. The zero-order valence-corrected chi connectivity index (χ0v) is 11.3. The lowest BCUT2D eigenvalue weighted by atomic mass is 10.2. The monoisotopic (exact) mass is 241 g/mol. The summed E-state index contributed by atoms with van der Waals surface area (Å²) in [4.78, 5) is 8.24. The average molecular weight is 241 g/mol. The molecule has 0 aliphatic rings. The van der Waals surface area contributed by atoms with Crippen LogP contribution in [0.5, 0.6) is 0 Å². The van der Waals surface area contributed by atoms with Gasteiger partial charge in [-0.3, -0.25) is 0 Å². The smallest absolute Gasteiger partial charge is 0.136 e. The summed E-state index contributed by atoms with van der Waals surface area (Å²) < 4.78 is 14.7. The average Bonchev–Trinajstić information content (AvgIpc) is 2.17. The highest BCUT2D eigenvalue weighted by molar-refractivity contribution is 7.90. The molecule has 90 valence electrons. The van der Waals surface area contributed by atoms with Crippen LogP contribution in [0.2, 0.25) is 0 Å². The minimum Gasteiger partial charge on any atom is -0.598 e. The quantitative estimate of drug-likeness (QED) is 0.821. The van der Waals surface area contributed by atoms with Crippen LogP contribution < -0.4 is 4.72 Å². The molecular formula is C11H19N3OS. The SMILES string of the molecule is Cc1ncc([C@@H](C)N[S+]([O-])C(C)(C)C)cn1. The number of hydrogen-bond donors (Lipinski definition) is 1. The molecular weight excluding hydrogens is 222 g/mol. The predicted octanol–water partition coefficient (Wildman–Crippen LogP) is 1.90. The summed E-state index contributed by atoms with van der Waals surface area (Å²) in [6.07, 6.45) is 3.53. The van der Waals surface area contributed by atoms with E-state index in [1.807, 2.05) is 34.6 Å². The fourth-order valence-corrected chi connectivity index (χ4v) is 1.84. The first-order valence-corrected chi connectivity index (χ1v) is 6.42. The Morgan fingerprint density at radius 1 is 1.31 bits per heavy atom. The third-order valence-electron chi connectivity index (χ3n) is 2.14. The van der Waals surface area contributed by atoms with E-state index in [-0.39, 0.29) is 10.8 Å². The number of aromatic nitrogens is 2. The lowest BCUT2D eigenvalue weighted by Gasteiger charge is -2.26. The van der Waals surface area contributed by atoms with Crippen molar-refractivity contribution in [2.75, 3.05) is 0 Å². The van der Waals surface area contributed by atoms with Gasteiger partial charge >= 0.3 is 0 Å². The second kappa shape index (κ2) is 5.12. The van der Waals surface area contributed by atoms with Crippen LogP contribution in [0, 0.1) is 6.92 Å². The Morgan fingerprint density at radius 3 is 2.25 bits per heavy atom. The van der Waals surface area contributed by atoms with Crippen LogP contribution in [-0.2, 0) is 11.4 Å². The van der Waals surface area contributed by atoms with Crippen LogP contribution >= 0.6 is 0 Å². The minimum atomic E-state index is -1.08. The fraction of sp³-hybridized carbons (Fsp3) is 0.636. The predicted molar refractivity (Wildman–Crippen MR) is 66.2 cm³/mol. The van der Waals surface area contributed by atoms with E-state index in [9.17, 15) is 4.55 Å². The van der Waals surface area contributed by atoms with E-state index in [0.717, 1.165) is 11.4 Å². The van der Waals surface area contributed by atoms with E-state index in [1.165, 1.54) is 0 Å². The van der Waals surface area contributed by atoms with Gasteiger partial charge in [-0.25, -0.2) is 9.97 Å². The topological polar surface area (TPSA) is 60.9 Å². The van der Waals surface area contributed by atoms with E-state index < -0.39 is 11.4 Å². The van der Waals surface area contributed by atoms with Gasteiger partial charge < -0.3 is 4.55 Å². The fourth-order valence-electron chi connectivity index (χ4n) is 1.03. The molecule has 1 heterocycles. The molecule has 0 amide bonds. The molecule has 0 aromatic carbocycles. The lowest BCUT2D eigenvalue weighted by molar-refractivity contribution is 0.530. The molecule has 0 bridgehead atoms. The van der Waals surface area contributed by atoms with Crippen molar-refractivity contribution < 1.29 is 4.55 Å². The van der Waals surface area contributed by atoms with Crippen molar-refractivity contribution in [2.45, 2.75) is 45.4 Å². The molecule has 2 atom stereocenters. The molecule has 1 aromatic heterocycles. The van der Waals surface area contributed by atoms with E-state index in [0.29, 0.717) is 0 Å². The highest BCUT2D eigenvalue weighted by Crippen LogP contribution is 2.18. The largest absolute Gasteiger partial charge is 0.598 e. The summed E-state index contributed by atoms with van der Waals surface area (Å²) in [5.41, 5.74) is 0.947. The van der Waals surface area contributed by atoms with Crippen molar-refractivity contribution >= 4 is 11.4 Å². The Hall–Kier alpha value is -0.650. The maximum Gasteiger partial charge on any atom is 0.136 e. The Kier molecular flexibility index (Phi) is 4.29. The van der Waals surface area contributed by atoms with Gasteiger partial charge in [-0.05, 0) is 34.6 Å². The standard InChI is InChI=1S/C11H19N3OS/c1-8(14-16(15)11(3,4)5)10-6-12-9(2)13-7-10/h6-8,14H,1-5H3/t8-,16?/m1/s1. The van der Waals surface area contributed by atoms with E-state index in [1.54, 1.807) is 12.4 Å². The first kappa shape index (κ1) is 13.4. The highest BCUT2D eigenvalue weighted by Gasteiger charge is 2.28. The van der Waals surface area contributed by atoms with E-state index in [4.69, 9.17) is 0 Å². The van der Waals surface area contributed by atoms with Crippen LogP contribution in [0.1, 0.15) is 45.1 Å². The number of nitrogens with one attached hydrogen (secondary N) is 1. The van der Waals surface area contributed by atoms with Crippen LogP contribution in [0.4, 0.5) is 0 Å². The van der Waals surface area contributed by atoms with Gasteiger partial charge in [0.1, 0.15) is 10.6 Å². The Balaban J connectivity index is 2.65. The Bertz CT molecular complexity index is 334. The summed E-state index contributed by atoms with van der Waals surface area (Å²) in [5, 5.41) is 0. The molecule has 5 heteroatoms. The Morgan fingerprint density at radius 2 is 1.81 bits per heavy atom. The molecule has 0 saturated heterocycles. The van der Waals surface area contributed by atoms with Crippen molar-refractivity contribution in [1.82, 2.24) is 14.7 Å². The minimum absolute atomic E-state index is 0.0133. The van der Waals surface area contributed by atoms with Crippen LogP contribution in [0.25, 0.3) is 0 Å². The molecule has 0 aliphatic heterocycles. The first-order chi connectivity index (χ1) is 7.30. The summed E-state index contributed by atoms with van der Waals surface area (Å²) in [5.74, 6) is 0.743. The van der Waals surface area contributed by atoms with Crippen molar-refractivity contribution in [3.63, 3.8) is 0 Å². The third-order valence-corrected chi connectivity index (χ3v) is 3.82. The van der Waals surface area contributed by atoms with Gasteiger partial charge in [-0.15, -0.1) is 4.72 Å². The van der Waals surface area contributed by atoms with Gasteiger partial charge in [0.05, 0.1) is 6.04 Å². The molecule has 1 unspecified atom stereocenters.